The van der Waals surface area contributed by atoms with E-state index in [4.69, 9.17) is 0 Å². The molecule has 0 fully saturated rings. The summed E-state index contributed by atoms with van der Waals surface area (Å²) < 4.78 is 0. The lowest BCUT2D eigenvalue weighted by atomic mass is 9.86. The van der Waals surface area contributed by atoms with Gasteiger partial charge in [-0.05, 0) is 18.4 Å². The van der Waals surface area contributed by atoms with Crippen LogP contribution in [0.25, 0.3) is 0 Å². The summed E-state index contributed by atoms with van der Waals surface area (Å²) in [6, 6.07) is 0. The monoisotopic (exact) mass is 168 g/mol. The largest absolute Gasteiger partial charge is 0.295 e. The smallest absolute Gasteiger partial charge is 0.158 e. The molecule has 1 nitrogen and oxygen atoms in total. The number of rotatable bonds is 2. The van der Waals surface area contributed by atoms with Gasteiger partial charge in [-0.3, -0.25) is 4.79 Å². The van der Waals surface area contributed by atoms with Crippen molar-refractivity contribution in [1.29, 1.82) is 0 Å². The number of hydrogen-bond donors (Lipinski definition) is 0. The molecule has 0 saturated heterocycles. The first-order valence-electron chi connectivity index (χ1n) is 4.47. The van der Waals surface area contributed by atoms with E-state index < -0.39 is 0 Å². The maximum Gasteiger partial charge on any atom is 0.158 e. The first-order chi connectivity index (χ1) is 5.25. The number of carbonyl (C=O) groups excluding carboxylic acids is 1. The van der Waals surface area contributed by atoms with Crippen LogP contribution in [0.4, 0.5) is 0 Å². The Morgan fingerprint density at radius 1 is 1.25 bits per heavy atom. The highest BCUT2D eigenvalue weighted by Crippen LogP contribution is 2.24. The van der Waals surface area contributed by atoms with Crippen molar-refractivity contribution in [2.75, 3.05) is 0 Å². The highest BCUT2D eigenvalue weighted by Gasteiger charge is 2.14. The lowest BCUT2D eigenvalue weighted by Gasteiger charge is -2.19. The summed E-state index contributed by atoms with van der Waals surface area (Å²) in [7, 11) is 0. The van der Waals surface area contributed by atoms with Gasteiger partial charge in [-0.15, -0.1) is 0 Å². The lowest BCUT2D eigenvalue weighted by molar-refractivity contribution is -0.117. The molecule has 0 saturated carbocycles. The van der Waals surface area contributed by atoms with E-state index in [-0.39, 0.29) is 17.1 Å². The molecule has 0 radical (unpaired) electrons. The summed E-state index contributed by atoms with van der Waals surface area (Å²) in [5.41, 5.74) is 1.27. The van der Waals surface area contributed by atoms with Gasteiger partial charge in [0.1, 0.15) is 0 Å². The molecule has 0 aromatic rings. The normalized spacial score (nSPS) is 13.8. The molecule has 0 heterocycles. The van der Waals surface area contributed by atoms with Gasteiger partial charge in [0.2, 0.25) is 0 Å². The zero-order valence-electron chi connectivity index (χ0n) is 9.06. The summed E-state index contributed by atoms with van der Waals surface area (Å²) in [4.78, 5) is 11.3. The fourth-order valence-corrected chi connectivity index (χ4v) is 0.597. The molecule has 0 spiro atoms. The Hall–Kier alpha value is -0.590. The lowest BCUT2D eigenvalue weighted by Crippen LogP contribution is -2.11. The molecular weight excluding hydrogens is 148 g/mol. The highest BCUT2D eigenvalue weighted by molar-refractivity contribution is 5.91. The van der Waals surface area contributed by atoms with Crippen LogP contribution in [0, 0.1) is 11.3 Å². The first kappa shape index (κ1) is 11.4. The second-order valence-electron chi connectivity index (χ2n) is 4.63. The molecule has 0 atom stereocenters. The minimum absolute atomic E-state index is 0.113. The van der Waals surface area contributed by atoms with Crippen LogP contribution in [0.15, 0.2) is 11.6 Å². The molecule has 0 aliphatic carbocycles. The molecule has 0 bridgehead atoms. The van der Waals surface area contributed by atoms with E-state index in [1.807, 2.05) is 20.8 Å². The summed E-state index contributed by atoms with van der Waals surface area (Å²) in [6.45, 7) is 12.2. The SMILES string of the molecule is C/C(=C\C(=O)C(C)C)C(C)(C)C. The zero-order chi connectivity index (χ0) is 9.94. The third kappa shape index (κ3) is 3.70. The summed E-state index contributed by atoms with van der Waals surface area (Å²) in [6.07, 6.45) is 1.77. The highest BCUT2D eigenvalue weighted by atomic mass is 16.1. The second kappa shape index (κ2) is 3.88. The maximum atomic E-state index is 11.3. The molecule has 0 aliphatic heterocycles. The Balaban J connectivity index is 4.48. The van der Waals surface area contributed by atoms with Crippen LogP contribution in [0.3, 0.4) is 0 Å². The Morgan fingerprint density at radius 2 is 1.67 bits per heavy atom. The topological polar surface area (TPSA) is 17.1 Å². The van der Waals surface area contributed by atoms with Crippen molar-refractivity contribution in [3.8, 4) is 0 Å². The summed E-state index contributed by atoms with van der Waals surface area (Å²) >= 11 is 0. The molecular formula is C11H20O. The predicted molar refractivity (Wildman–Crippen MR) is 53.1 cm³/mol. The minimum Gasteiger partial charge on any atom is -0.295 e. The molecule has 0 unspecified atom stereocenters. The molecule has 0 aliphatic rings. The van der Waals surface area contributed by atoms with Gasteiger partial charge in [-0.2, -0.15) is 0 Å². The number of hydrogen-bond acceptors (Lipinski definition) is 1. The van der Waals surface area contributed by atoms with Gasteiger partial charge in [0, 0.05) is 5.92 Å². The van der Waals surface area contributed by atoms with E-state index >= 15 is 0 Å². The van der Waals surface area contributed by atoms with E-state index in [1.54, 1.807) is 6.08 Å². The van der Waals surface area contributed by atoms with Crippen molar-refractivity contribution in [3.05, 3.63) is 11.6 Å². The second-order valence-corrected chi connectivity index (χ2v) is 4.63. The van der Waals surface area contributed by atoms with E-state index in [2.05, 4.69) is 20.8 Å². The van der Waals surface area contributed by atoms with Crippen LogP contribution in [0.1, 0.15) is 41.5 Å². The van der Waals surface area contributed by atoms with Crippen molar-refractivity contribution in [2.45, 2.75) is 41.5 Å². The van der Waals surface area contributed by atoms with Gasteiger partial charge in [-0.1, -0.05) is 40.2 Å². The van der Waals surface area contributed by atoms with Crippen LogP contribution >= 0.6 is 0 Å². The summed E-state index contributed by atoms with van der Waals surface area (Å²) in [5.74, 6) is 0.338. The standard InChI is InChI=1S/C11H20O/c1-8(2)10(12)7-9(3)11(4,5)6/h7-8H,1-6H3/b9-7+. The van der Waals surface area contributed by atoms with Crippen molar-refractivity contribution in [2.24, 2.45) is 11.3 Å². The fourth-order valence-electron chi connectivity index (χ4n) is 0.597. The van der Waals surface area contributed by atoms with Crippen LogP contribution < -0.4 is 0 Å². The molecule has 1 heteroatoms. The Kier molecular flexibility index (Phi) is 3.69. The van der Waals surface area contributed by atoms with Gasteiger partial charge in [0.05, 0.1) is 0 Å². The average Bonchev–Trinajstić information content (AvgIpc) is 1.85. The Bertz CT molecular complexity index is 192. The van der Waals surface area contributed by atoms with E-state index in [0.717, 1.165) is 5.57 Å². The molecule has 0 aromatic carbocycles. The molecule has 0 amide bonds. The molecule has 0 N–H and O–H groups in total. The molecule has 12 heavy (non-hydrogen) atoms. The van der Waals surface area contributed by atoms with Gasteiger partial charge in [0.15, 0.2) is 5.78 Å². The zero-order valence-corrected chi connectivity index (χ0v) is 9.06. The third-order valence-corrected chi connectivity index (χ3v) is 2.11. The van der Waals surface area contributed by atoms with E-state index in [1.165, 1.54) is 0 Å². The van der Waals surface area contributed by atoms with E-state index in [9.17, 15) is 4.79 Å². The molecule has 0 aromatic heterocycles. The number of carbonyl (C=O) groups is 1. The van der Waals surface area contributed by atoms with Crippen LogP contribution in [0.2, 0.25) is 0 Å². The first-order valence-corrected chi connectivity index (χ1v) is 4.47. The quantitative estimate of drug-likeness (QED) is 0.579. The van der Waals surface area contributed by atoms with Gasteiger partial charge in [0.25, 0.3) is 0 Å². The van der Waals surface area contributed by atoms with Crippen molar-refractivity contribution < 1.29 is 4.79 Å². The summed E-state index contributed by atoms with van der Waals surface area (Å²) in [5, 5.41) is 0. The van der Waals surface area contributed by atoms with E-state index in [0.29, 0.717) is 0 Å². The Morgan fingerprint density at radius 3 is 1.92 bits per heavy atom. The van der Waals surface area contributed by atoms with Crippen LogP contribution in [-0.4, -0.2) is 5.78 Å². The maximum absolute atomic E-state index is 11.3. The van der Waals surface area contributed by atoms with Gasteiger partial charge < -0.3 is 0 Å². The Labute approximate surface area is 75.9 Å². The van der Waals surface area contributed by atoms with Crippen LogP contribution in [-0.2, 0) is 4.79 Å². The molecule has 0 rings (SSSR count). The molecule has 70 valence electrons. The predicted octanol–water partition coefficient (Wildman–Crippen LogP) is 3.20. The van der Waals surface area contributed by atoms with Gasteiger partial charge >= 0.3 is 0 Å². The number of allylic oxidation sites excluding steroid dienone is 2. The fraction of sp³-hybridized carbons (Fsp3) is 0.727. The number of ketones is 1. The minimum atomic E-state index is 0.113. The average molecular weight is 168 g/mol. The van der Waals surface area contributed by atoms with Crippen molar-refractivity contribution in [3.63, 3.8) is 0 Å². The van der Waals surface area contributed by atoms with Crippen molar-refractivity contribution in [1.82, 2.24) is 0 Å². The van der Waals surface area contributed by atoms with Gasteiger partial charge in [-0.25, -0.2) is 0 Å². The third-order valence-electron chi connectivity index (χ3n) is 2.11. The van der Waals surface area contributed by atoms with Crippen molar-refractivity contribution >= 4 is 5.78 Å². The van der Waals surface area contributed by atoms with Crippen LogP contribution in [0.5, 0.6) is 0 Å².